The number of aliphatic imine (C=N–C) groups is 1. The van der Waals surface area contributed by atoms with Crippen LogP contribution in [0.2, 0.25) is 0 Å². The number of amidine groups is 1. The molecule has 2 aliphatic heterocycles. The quantitative estimate of drug-likeness (QED) is 0.631. The highest BCUT2D eigenvalue weighted by molar-refractivity contribution is 8.18. The lowest BCUT2D eigenvalue weighted by atomic mass is 10.1. The minimum Gasteiger partial charge on any atom is -0.508 e. The van der Waals surface area contributed by atoms with Gasteiger partial charge in [-0.05, 0) is 47.0 Å². The monoisotopic (exact) mass is 415 g/mol. The Morgan fingerprint density at radius 3 is 2.37 bits per heavy atom. The van der Waals surface area contributed by atoms with Crippen molar-refractivity contribution in [1.29, 1.82) is 0 Å². The molecule has 1 N–H and O–H groups in total. The lowest BCUT2D eigenvalue weighted by Crippen LogP contribution is -2.47. The number of hydrogen-bond acceptors (Lipinski definition) is 5. The van der Waals surface area contributed by atoms with E-state index in [-0.39, 0.29) is 11.7 Å². The van der Waals surface area contributed by atoms with Gasteiger partial charge in [-0.15, -0.1) is 0 Å². The first kappa shape index (κ1) is 18.8. The molecular formula is C24H21N3O2S. The lowest BCUT2D eigenvalue weighted by molar-refractivity contribution is -0.113. The minimum atomic E-state index is -0.195. The van der Waals surface area contributed by atoms with Crippen LogP contribution in [0.5, 0.6) is 5.75 Å². The number of benzene rings is 3. The molecule has 0 unspecified atom stereocenters. The predicted molar refractivity (Wildman–Crippen MR) is 124 cm³/mol. The molecule has 0 bridgehead atoms. The van der Waals surface area contributed by atoms with Gasteiger partial charge in [0.05, 0.1) is 4.91 Å². The SMILES string of the molecule is O=C1N=C(N2CCN(c3cccc4ccccc34)CC2)SC1=Cc1ccc(O)cc1. The molecule has 30 heavy (non-hydrogen) atoms. The number of amides is 1. The van der Waals surface area contributed by atoms with Crippen molar-refractivity contribution in [2.75, 3.05) is 31.1 Å². The highest BCUT2D eigenvalue weighted by Gasteiger charge is 2.28. The fraction of sp³-hybridized carbons (Fsp3) is 0.167. The molecule has 0 spiro atoms. The minimum absolute atomic E-state index is 0.195. The summed E-state index contributed by atoms with van der Waals surface area (Å²) in [5.74, 6) is 0.0168. The van der Waals surface area contributed by atoms with Crippen LogP contribution in [0.1, 0.15) is 5.56 Å². The van der Waals surface area contributed by atoms with Gasteiger partial charge in [0.25, 0.3) is 5.91 Å². The second-order valence-corrected chi connectivity index (χ2v) is 8.38. The van der Waals surface area contributed by atoms with Gasteiger partial charge in [0.15, 0.2) is 5.17 Å². The Hall–Kier alpha value is -3.25. The summed E-state index contributed by atoms with van der Waals surface area (Å²) in [6, 6.07) is 21.7. The molecule has 0 saturated carbocycles. The van der Waals surface area contributed by atoms with Crippen molar-refractivity contribution >= 4 is 45.4 Å². The van der Waals surface area contributed by atoms with Crippen molar-refractivity contribution in [3.63, 3.8) is 0 Å². The molecule has 6 heteroatoms. The number of piperazine rings is 1. The number of hydrogen-bond donors (Lipinski definition) is 1. The Labute approximate surface area is 179 Å². The van der Waals surface area contributed by atoms with E-state index in [9.17, 15) is 9.90 Å². The van der Waals surface area contributed by atoms with E-state index in [1.165, 1.54) is 28.2 Å². The number of thioether (sulfide) groups is 1. The van der Waals surface area contributed by atoms with E-state index in [0.717, 1.165) is 36.9 Å². The maximum atomic E-state index is 12.4. The van der Waals surface area contributed by atoms with Crippen molar-refractivity contribution in [2.24, 2.45) is 4.99 Å². The average molecular weight is 416 g/mol. The summed E-state index contributed by atoms with van der Waals surface area (Å²) in [5, 5.41) is 12.7. The van der Waals surface area contributed by atoms with Crippen LogP contribution in [0.3, 0.4) is 0 Å². The van der Waals surface area contributed by atoms with E-state index in [1.54, 1.807) is 24.3 Å². The topological polar surface area (TPSA) is 56.1 Å². The Balaban J connectivity index is 1.27. The van der Waals surface area contributed by atoms with E-state index in [0.29, 0.717) is 4.91 Å². The molecule has 2 aliphatic rings. The molecule has 2 heterocycles. The number of aromatic hydroxyl groups is 1. The zero-order chi connectivity index (χ0) is 20.5. The van der Waals surface area contributed by atoms with Crippen LogP contribution in [-0.4, -0.2) is 47.3 Å². The molecular weight excluding hydrogens is 394 g/mol. The van der Waals surface area contributed by atoms with E-state index in [1.807, 2.05) is 6.08 Å². The third kappa shape index (κ3) is 3.66. The summed E-state index contributed by atoms with van der Waals surface area (Å²) in [4.78, 5) is 21.9. The molecule has 0 atom stereocenters. The Morgan fingerprint density at radius 1 is 0.867 bits per heavy atom. The van der Waals surface area contributed by atoms with Crippen LogP contribution in [0, 0.1) is 0 Å². The zero-order valence-electron chi connectivity index (χ0n) is 16.4. The molecule has 5 nitrogen and oxygen atoms in total. The van der Waals surface area contributed by atoms with Gasteiger partial charge in [0.1, 0.15) is 5.75 Å². The first-order chi connectivity index (χ1) is 14.7. The highest BCUT2D eigenvalue weighted by Crippen LogP contribution is 2.32. The van der Waals surface area contributed by atoms with Gasteiger partial charge < -0.3 is 14.9 Å². The Bertz CT molecular complexity index is 1160. The van der Waals surface area contributed by atoms with Gasteiger partial charge in [-0.25, -0.2) is 0 Å². The molecule has 0 radical (unpaired) electrons. The summed E-state index contributed by atoms with van der Waals surface area (Å²) < 4.78 is 0. The molecule has 1 amide bonds. The van der Waals surface area contributed by atoms with Gasteiger partial charge in [-0.2, -0.15) is 4.99 Å². The summed E-state index contributed by atoms with van der Waals surface area (Å²) in [5.41, 5.74) is 2.14. The fourth-order valence-electron chi connectivity index (χ4n) is 3.88. The smallest absolute Gasteiger partial charge is 0.286 e. The third-order valence-corrected chi connectivity index (χ3v) is 6.50. The van der Waals surface area contributed by atoms with Crippen molar-refractivity contribution in [3.05, 3.63) is 77.2 Å². The maximum absolute atomic E-state index is 12.4. The molecule has 150 valence electrons. The highest BCUT2D eigenvalue weighted by atomic mass is 32.2. The van der Waals surface area contributed by atoms with Crippen molar-refractivity contribution < 1.29 is 9.90 Å². The van der Waals surface area contributed by atoms with E-state index >= 15 is 0 Å². The number of anilines is 1. The summed E-state index contributed by atoms with van der Waals surface area (Å²) in [7, 11) is 0. The van der Waals surface area contributed by atoms with E-state index < -0.39 is 0 Å². The Morgan fingerprint density at radius 2 is 1.57 bits per heavy atom. The number of phenols is 1. The molecule has 0 aromatic heterocycles. The van der Waals surface area contributed by atoms with Crippen LogP contribution >= 0.6 is 11.8 Å². The lowest BCUT2D eigenvalue weighted by Gasteiger charge is -2.37. The number of fused-ring (bicyclic) bond motifs is 1. The van der Waals surface area contributed by atoms with Crippen molar-refractivity contribution in [3.8, 4) is 5.75 Å². The summed E-state index contributed by atoms with van der Waals surface area (Å²) >= 11 is 1.43. The first-order valence-corrected chi connectivity index (χ1v) is 10.8. The van der Waals surface area contributed by atoms with Gasteiger partial charge >= 0.3 is 0 Å². The van der Waals surface area contributed by atoms with Crippen LogP contribution in [0.15, 0.2) is 76.6 Å². The number of carbonyl (C=O) groups is 1. The van der Waals surface area contributed by atoms with E-state index in [4.69, 9.17) is 0 Å². The first-order valence-electron chi connectivity index (χ1n) is 9.97. The predicted octanol–water partition coefficient (Wildman–Crippen LogP) is 4.34. The summed E-state index contributed by atoms with van der Waals surface area (Å²) in [6.45, 7) is 3.43. The van der Waals surface area contributed by atoms with Crippen LogP contribution in [-0.2, 0) is 4.79 Å². The molecule has 0 aliphatic carbocycles. The standard InChI is InChI=1S/C24H21N3O2S/c28-19-10-8-17(9-11-19)16-22-23(29)25-24(30-22)27-14-12-26(13-15-27)21-7-3-5-18-4-1-2-6-20(18)21/h1-11,16,28H,12-15H2. The van der Waals surface area contributed by atoms with Gasteiger partial charge in [0.2, 0.25) is 0 Å². The fourth-order valence-corrected chi connectivity index (χ4v) is 4.84. The second kappa shape index (κ2) is 7.88. The van der Waals surface area contributed by atoms with Crippen molar-refractivity contribution in [2.45, 2.75) is 0 Å². The van der Waals surface area contributed by atoms with E-state index in [2.05, 4.69) is 57.3 Å². The van der Waals surface area contributed by atoms with Crippen LogP contribution < -0.4 is 4.90 Å². The normalized spacial score (nSPS) is 18.3. The third-order valence-electron chi connectivity index (χ3n) is 5.46. The van der Waals surface area contributed by atoms with Crippen LogP contribution in [0.4, 0.5) is 5.69 Å². The van der Waals surface area contributed by atoms with Gasteiger partial charge in [0, 0.05) is 37.3 Å². The average Bonchev–Trinajstić information content (AvgIpc) is 3.15. The molecule has 5 rings (SSSR count). The van der Waals surface area contributed by atoms with Gasteiger partial charge in [-0.1, -0.05) is 48.5 Å². The number of phenolic OH excluding ortho intramolecular Hbond substituents is 1. The van der Waals surface area contributed by atoms with Crippen LogP contribution in [0.25, 0.3) is 16.8 Å². The molecule has 3 aromatic carbocycles. The zero-order valence-corrected chi connectivity index (χ0v) is 17.2. The van der Waals surface area contributed by atoms with Crippen molar-refractivity contribution in [1.82, 2.24) is 4.90 Å². The molecule has 1 saturated heterocycles. The number of carbonyl (C=O) groups excluding carboxylic acids is 1. The molecule has 1 fully saturated rings. The largest absolute Gasteiger partial charge is 0.508 e. The molecule has 3 aromatic rings. The Kier molecular flexibility index (Phi) is 4.93. The maximum Gasteiger partial charge on any atom is 0.286 e. The summed E-state index contributed by atoms with van der Waals surface area (Å²) in [6.07, 6.45) is 1.83. The second-order valence-electron chi connectivity index (χ2n) is 7.37. The number of rotatable bonds is 2. The van der Waals surface area contributed by atoms with Gasteiger partial charge in [-0.3, -0.25) is 4.79 Å². The number of nitrogens with zero attached hydrogens (tertiary/aromatic N) is 3.